The molecule has 0 saturated carbocycles. The Morgan fingerprint density at radius 2 is 1.78 bits per heavy atom. The number of benzene rings is 1. The summed E-state index contributed by atoms with van der Waals surface area (Å²) >= 11 is 7.11. The minimum atomic E-state index is -0.662. The van der Waals surface area contributed by atoms with Crippen molar-refractivity contribution in [2.75, 3.05) is 0 Å². The van der Waals surface area contributed by atoms with Crippen LogP contribution in [0.4, 0.5) is 0 Å². The Labute approximate surface area is 114 Å². The number of rotatable bonds is 4. The molecule has 2 rings (SSSR count). The summed E-state index contributed by atoms with van der Waals surface area (Å²) in [7, 11) is 0. The first-order valence-electron chi connectivity index (χ1n) is 5.47. The van der Waals surface area contributed by atoms with Gasteiger partial charge in [0.05, 0.1) is 10.8 Å². The van der Waals surface area contributed by atoms with Gasteiger partial charge in [-0.05, 0) is 42.6 Å². The van der Waals surface area contributed by atoms with E-state index in [1.807, 2.05) is 5.38 Å². The minimum absolute atomic E-state index is 0.134. The number of carbonyl (C=O) groups is 2. The van der Waals surface area contributed by atoms with Crippen LogP contribution in [-0.2, 0) is 0 Å². The topological polar surface area (TPSA) is 34.1 Å². The highest BCUT2D eigenvalue weighted by molar-refractivity contribution is 7.12. The van der Waals surface area contributed by atoms with Gasteiger partial charge in [-0.25, -0.2) is 0 Å². The maximum Gasteiger partial charge on any atom is 0.183 e. The summed E-state index contributed by atoms with van der Waals surface area (Å²) in [6, 6.07) is 10.1. The van der Waals surface area contributed by atoms with E-state index in [1.54, 1.807) is 43.3 Å². The smallest absolute Gasteiger partial charge is 0.183 e. The molecule has 1 atom stereocenters. The number of thiophene rings is 1. The third-order valence-corrected chi connectivity index (χ3v) is 3.82. The van der Waals surface area contributed by atoms with E-state index < -0.39 is 5.92 Å². The van der Waals surface area contributed by atoms with Gasteiger partial charge in [0.2, 0.25) is 0 Å². The molecule has 4 heteroatoms. The van der Waals surface area contributed by atoms with Crippen LogP contribution in [0.5, 0.6) is 0 Å². The second-order valence-electron chi connectivity index (χ2n) is 3.93. The van der Waals surface area contributed by atoms with E-state index >= 15 is 0 Å². The summed E-state index contributed by atoms with van der Waals surface area (Å²) in [5.74, 6) is -0.972. The summed E-state index contributed by atoms with van der Waals surface area (Å²) in [5, 5.41) is 2.40. The molecule has 0 bridgehead atoms. The lowest BCUT2D eigenvalue weighted by Gasteiger charge is -2.08. The highest BCUT2D eigenvalue weighted by Gasteiger charge is 2.24. The SMILES string of the molecule is C[C@@H](C(=O)c1ccc(Cl)cc1)C(=O)c1cccs1. The molecule has 0 unspecified atom stereocenters. The Morgan fingerprint density at radius 3 is 2.33 bits per heavy atom. The predicted molar refractivity (Wildman–Crippen MR) is 73.6 cm³/mol. The van der Waals surface area contributed by atoms with E-state index in [-0.39, 0.29) is 11.6 Å². The van der Waals surface area contributed by atoms with Crippen LogP contribution in [0.15, 0.2) is 41.8 Å². The molecule has 0 radical (unpaired) electrons. The fraction of sp³-hybridized carbons (Fsp3) is 0.143. The zero-order valence-electron chi connectivity index (χ0n) is 9.72. The van der Waals surface area contributed by atoms with Crippen molar-refractivity contribution in [2.24, 2.45) is 5.92 Å². The van der Waals surface area contributed by atoms with Gasteiger partial charge in [-0.15, -0.1) is 11.3 Å². The Kier molecular flexibility index (Phi) is 3.94. The van der Waals surface area contributed by atoms with Crippen LogP contribution >= 0.6 is 22.9 Å². The van der Waals surface area contributed by atoms with Crippen molar-refractivity contribution in [3.05, 3.63) is 57.2 Å². The fourth-order valence-electron chi connectivity index (χ4n) is 1.62. The number of carbonyl (C=O) groups excluding carboxylic acids is 2. The maximum atomic E-state index is 12.1. The van der Waals surface area contributed by atoms with E-state index in [4.69, 9.17) is 11.6 Å². The first-order chi connectivity index (χ1) is 8.59. The standard InChI is InChI=1S/C14H11ClO2S/c1-9(14(17)12-3-2-8-18-12)13(16)10-4-6-11(15)7-5-10/h2-9H,1H3/t9-/m0/s1. The zero-order valence-corrected chi connectivity index (χ0v) is 11.3. The normalized spacial score (nSPS) is 12.1. The average Bonchev–Trinajstić information content (AvgIpc) is 2.91. The molecule has 2 nitrogen and oxygen atoms in total. The number of hydrogen-bond acceptors (Lipinski definition) is 3. The van der Waals surface area contributed by atoms with Crippen molar-refractivity contribution in [1.82, 2.24) is 0 Å². The van der Waals surface area contributed by atoms with Crippen molar-refractivity contribution >= 4 is 34.5 Å². The van der Waals surface area contributed by atoms with E-state index in [1.165, 1.54) is 11.3 Å². The Hall–Kier alpha value is -1.45. The fourth-order valence-corrected chi connectivity index (χ4v) is 2.50. The molecule has 0 spiro atoms. The quantitative estimate of drug-likeness (QED) is 0.623. The van der Waals surface area contributed by atoms with E-state index in [0.717, 1.165) is 0 Å². The highest BCUT2D eigenvalue weighted by atomic mass is 35.5. The van der Waals surface area contributed by atoms with Crippen molar-refractivity contribution in [1.29, 1.82) is 0 Å². The molecule has 2 aromatic rings. The summed E-state index contributed by atoms with van der Waals surface area (Å²) < 4.78 is 0. The van der Waals surface area contributed by atoms with E-state index in [9.17, 15) is 9.59 Å². The zero-order chi connectivity index (χ0) is 13.1. The number of ketones is 2. The molecule has 18 heavy (non-hydrogen) atoms. The number of hydrogen-bond donors (Lipinski definition) is 0. The molecule has 0 N–H and O–H groups in total. The summed E-state index contributed by atoms with van der Waals surface area (Å²) in [6.45, 7) is 1.64. The molecular formula is C14H11ClO2S. The average molecular weight is 279 g/mol. The first kappa shape index (κ1) is 13.0. The van der Waals surface area contributed by atoms with Gasteiger partial charge in [0.1, 0.15) is 0 Å². The Balaban J connectivity index is 2.19. The molecule has 0 aliphatic rings. The molecule has 1 aromatic carbocycles. The van der Waals surface area contributed by atoms with Gasteiger partial charge in [-0.2, -0.15) is 0 Å². The molecule has 0 amide bonds. The lowest BCUT2D eigenvalue weighted by molar-refractivity contribution is 0.0823. The molecule has 0 fully saturated rings. The van der Waals surface area contributed by atoms with Crippen LogP contribution in [0.1, 0.15) is 27.0 Å². The van der Waals surface area contributed by atoms with Gasteiger partial charge in [-0.1, -0.05) is 17.7 Å². The van der Waals surface area contributed by atoms with Crippen LogP contribution in [0, 0.1) is 5.92 Å². The van der Waals surface area contributed by atoms with E-state index in [2.05, 4.69) is 0 Å². The maximum absolute atomic E-state index is 12.1. The lowest BCUT2D eigenvalue weighted by atomic mass is 9.95. The molecule has 1 aromatic heterocycles. The number of halogens is 1. The summed E-state index contributed by atoms with van der Waals surface area (Å²) in [5.41, 5.74) is 0.511. The highest BCUT2D eigenvalue weighted by Crippen LogP contribution is 2.19. The van der Waals surface area contributed by atoms with Gasteiger partial charge in [0.25, 0.3) is 0 Å². The van der Waals surface area contributed by atoms with Crippen LogP contribution in [0.25, 0.3) is 0 Å². The third-order valence-electron chi connectivity index (χ3n) is 2.68. The second kappa shape index (κ2) is 5.46. The van der Waals surface area contributed by atoms with Crippen molar-refractivity contribution in [3.8, 4) is 0 Å². The van der Waals surface area contributed by atoms with Gasteiger partial charge in [-0.3, -0.25) is 9.59 Å². The molecule has 0 aliphatic carbocycles. The summed E-state index contributed by atoms with van der Waals surface area (Å²) in [6.07, 6.45) is 0. The van der Waals surface area contributed by atoms with Gasteiger partial charge < -0.3 is 0 Å². The van der Waals surface area contributed by atoms with E-state index in [0.29, 0.717) is 15.5 Å². The Bertz CT molecular complexity index is 558. The minimum Gasteiger partial charge on any atom is -0.293 e. The monoisotopic (exact) mass is 278 g/mol. The summed E-state index contributed by atoms with van der Waals surface area (Å²) in [4.78, 5) is 24.8. The second-order valence-corrected chi connectivity index (χ2v) is 5.32. The van der Waals surface area contributed by atoms with Gasteiger partial charge >= 0.3 is 0 Å². The van der Waals surface area contributed by atoms with Crippen molar-refractivity contribution < 1.29 is 9.59 Å². The molecular weight excluding hydrogens is 268 g/mol. The molecule has 1 heterocycles. The third kappa shape index (κ3) is 2.68. The van der Waals surface area contributed by atoms with Crippen molar-refractivity contribution in [2.45, 2.75) is 6.92 Å². The molecule has 0 aliphatic heterocycles. The van der Waals surface area contributed by atoms with Gasteiger partial charge in [0, 0.05) is 10.6 Å². The lowest BCUT2D eigenvalue weighted by Crippen LogP contribution is -2.20. The molecule has 92 valence electrons. The number of Topliss-reactive ketones (excluding diaryl/α,β-unsaturated/α-hetero) is 2. The van der Waals surface area contributed by atoms with Crippen LogP contribution < -0.4 is 0 Å². The largest absolute Gasteiger partial charge is 0.293 e. The van der Waals surface area contributed by atoms with Gasteiger partial charge in [0.15, 0.2) is 11.6 Å². The van der Waals surface area contributed by atoms with Crippen LogP contribution in [0.2, 0.25) is 5.02 Å². The Morgan fingerprint density at radius 1 is 1.11 bits per heavy atom. The predicted octanol–water partition coefficient (Wildman–Crippen LogP) is 4.10. The van der Waals surface area contributed by atoms with Crippen molar-refractivity contribution in [3.63, 3.8) is 0 Å². The first-order valence-corrected chi connectivity index (χ1v) is 6.73. The van der Waals surface area contributed by atoms with Crippen LogP contribution in [0.3, 0.4) is 0 Å². The van der Waals surface area contributed by atoms with Crippen LogP contribution in [-0.4, -0.2) is 11.6 Å². The molecule has 0 saturated heterocycles.